The van der Waals surface area contributed by atoms with Crippen LogP contribution in [-0.4, -0.2) is 12.4 Å². The standard InChI is InChI=1S/C12H18ClNS/c1-2-10-3-4-11(15-10)7-14-9-12(8-13)5-6-12/h3-4,14H,2,5-9H2,1H3. The Morgan fingerprint density at radius 3 is 2.67 bits per heavy atom. The van der Waals surface area contributed by atoms with E-state index in [4.69, 9.17) is 11.6 Å². The summed E-state index contributed by atoms with van der Waals surface area (Å²) in [4.78, 5) is 2.92. The Hall–Kier alpha value is -0.0500. The number of rotatable bonds is 6. The molecule has 1 aliphatic carbocycles. The number of nitrogens with one attached hydrogen (secondary N) is 1. The fraction of sp³-hybridized carbons (Fsp3) is 0.667. The summed E-state index contributed by atoms with van der Waals surface area (Å²) in [6.07, 6.45) is 3.75. The topological polar surface area (TPSA) is 12.0 Å². The minimum atomic E-state index is 0.437. The second kappa shape index (κ2) is 4.86. The van der Waals surface area contributed by atoms with Gasteiger partial charge in [0.05, 0.1) is 0 Å². The van der Waals surface area contributed by atoms with Gasteiger partial charge in [0, 0.05) is 28.7 Å². The van der Waals surface area contributed by atoms with Crippen LogP contribution in [0, 0.1) is 5.41 Å². The van der Waals surface area contributed by atoms with Crippen LogP contribution in [0.15, 0.2) is 12.1 Å². The fourth-order valence-electron chi connectivity index (χ4n) is 1.69. The Morgan fingerprint density at radius 2 is 2.13 bits per heavy atom. The van der Waals surface area contributed by atoms with Gasteiger partial charge < -0.3 is 5.32 Å². The number of halogens is 1. The zero-order valence-corrected chi connectivity index (χ0v) is 10.8. The number of alkyl halides is 1. The molecule has 3 heteroatoms. The van der Waals surface area contributed by atoms with E-state index in [1.165, 1.54) is 22.6 Å². The molecule has 1 aliphatic rings. The molecule has 0 radical (unpaired) electrons. The molecule has 0 atom stereocenters. The number of hydrogen-bond donors (Lipinski definition) is 1. The second-order valence-electron chi connectivity index (χ2n) is 4.46. The molecule has 0 aliphatic heterocycles. The van der Waals surface area contributed by atoms with Crippen LogP contribution in [0.2, 0.25) is 0 Å². The van der Waals surface area contributed by atoms with Crippen molar-refractivity contribution >= 4 is 22.9 Å². The number of thiophene rings is 1. The van der Waals surface area contributed by atoms with Gasteiger partial charge in [-0.2, -0.15) is 0 Å². The molecule has 0 bridgehead atoms. The van der Waals surface area contributed by atoms with Crippen molar-refractivity contribution in [3.05, 3.63) is 21.9 Å². The van der Waals surface area contributed by atoms with E-state index in [-0.39, 0.29) is 0 Å². The highest BCUT2D eigenvalue weighted by atomic mass is 35.5. The van der Waals surface area contributed by atoms with Crippen LogP contribution in [0.1, 0.15) is 29.5 Å². The predicted molar refractivity (Wildman–Crippen MR) is 67.8 cm³/mol. The largest absolute Gasteiger partial charge is 0.311 e. The molecular weight excluding hydrogens is 226 g/mol. The monoisotopic (exact) mass is 243 g/mol. The van der Waals surface area contributed by atoms with Gasteiger partial charge in [-0.15, -0.1) is 22.9 Å². The van der Waals surface area contributed by atoms with Crippen LogP contribution in [0.25, 0.3) is 0 Å². The zero-order chi connectivity index (χ0) is 10.7. The molecule has 0 aromatic carbocycles. The molecule has 1 fully saturated rings. The van der Waals surface area contributed by atoms with E-state index in [1.807, 2.05) is 11.3 Å². The van der Waals surface area contributed by atoms with Crippen LogP contribution >= 0.6 is 22.9 Å². The van der Waals surface area contributed by atoms with Crippen molar-refractivity contribution in [2.75, 3.05) is 12.4 Å². The molecule has 0 amide bonds. The van der Waals surface area contributed by atoms with E-state index in [0.717, 1.165) is 25.4 Å². The van der Waals surface area contributed by atoms with Gasteiger partial charge in [0.1, 0.15) is 0 Å². The van der Waals surface area contributed by atoms with Crippen LogP contribution in [0.3, 0.4) is 0 Å². The Morgan fingerprint density at radius 1 is 1.40 bits per heavy atom. The van der Waals surface area contributed by atoms with E-state index in [0.29, 0.717) is 5.41 Å². The summed E-state index contributed by atoms with van der Waals surface area (Å²) < 4.78 is 0. The third-order valence-electron chi connectivity index (χ3n) is 3.11. The predicted octanol–water partition coefficient (Wildman–Crippen LogP) is 3.42. The number of hydrogen-bond acceptors (Lipinski definition) is 2. The first-order valence-electron chi connectivity index (χ1n) is 5.62. The highest BCUT2D eigenvalue weighted by Crippen LogP contribution is 2.45. The van der Waals surface area contributed by atoms with Gasteiger partial charge in [0.2, 0.25) is 0 Å². The lowest BCUT2D eigenvalue weighted by atomic mass is 10.1. The Balaban J connectivity index is 1.73. The summed E-state index contributed by atoms with van der Waals surface area (Å²) in [7, 11) is 0. The van der Waals surface area contributed by atoms with Crippen molar-refractivity contribution in [2.24, 2.45) is 5.41 Å². The maximum absolute atomic E-state index is 5.93. The second-order valence-corrected chi connectivity index (χ2v) is 5.98. The SMILES string of the molecule is CCc1ccc(CNCC2(CCl)CC2)s1. The molecule has 2 rings (SSSR count). The Bertz CT molecular complexity index is 317. The van der Waals surface area contributed by atoms with Gasteiger partial charge in [0.25, 0.3) is 0 Å². The zero-order valence-electron chi connectivity index (χ0n) is 9.18. The van der Waals surface area contributed by atoms with E-state index in [2.05, 4.69) is 24.4 Å². The van der Waals surface area contributed by atoms with Crippen molar-refractivity contribution in [1.29, 1.82) is 0 Å². The van der Waals surface area contributed by atoms with E-state index in [9.17, 15) is 0 Å². The molecule has 0 saturated heterocycles. The Labute approximate surface area is 101 Å². The molecule has 1 N–H and O–H groups in total. The third-order valence-corrected chi connectivity index (χ3v) is 4.90. The lowest BCUT2D eigenvalue weighted by molar-refractivity contribution is 0.506. The molecule has 0 unspecified atom stereocenters. The van der Waals surface area contributed by atoms with Gasteiger partial charge in [-0.05, 0) is 36.8 Å². The van der Waals surface area contributed by atoms with Crippen molar-refractivity contribution in [3.8, 4) is 0 Å². The van der Waals surface area contributed by atoms with Gasteiger partial charge in [-0.1, -0.05) is 6.92 Å². The molecule has 1 aromatic rings. The van der Waals surface area contributed by atoms with Crippen molar-refractivity contribution in [2.45, 2.75) is 32.7 Å². The first-order chi connectivity index (χ1) is 7.28. The lowest BCUT2D eigenvalue weighted by Gasteiger charge is -2.11. The van der Waals surface area contributed by atoms with Crippen LogP contribution in [-0.2, 0) is 13.0 Å². The van der Waals surface area contributed by atoms with Crippen LogP contribution in [0.4, 0.5) is 0 Å². The highest BCUT2D eigenvalue weighted by Gasteiger charge is 2.41. The summed E-state index contributed by atoms with van der Waals surface area (Å²) in [6.45, 7) is 4.29. The molecule has 1 saturated carbocycles. The van der Waals surface area contributed by atoms with Gasteiger partial charge >= 0.3 is 0 Å². The van der Waals surface area contributed by atoms with E-state index in [1.54, 1.807) is 0 Å². The molecule has 84 valence electrons. The van der Waals surface area contributed by atoms with E-state index < -0.39 is 0 Å². The minimum Gasteiger partial charge on any atom is -0.311 e. The molecule has 1 nitrogen and oxygen atoms in total. The van der Waals surface area contributed by atoms with Gasteiger partial charge in [0.15, 0.2) is 0 Å². The first-order valence-corrected chi connectivity index (χ1v) is 6.97. The lowest BCUT2D eigenvalue weighted by Crippen LogP contribution is -2.24. The summed E-state index contributed by atoms with van der Waals surface area (Å²) in [5.74, 6) is 0.810. The third kappa shape index (κ3) is 2.96. The van der Waals surface area contributed by atoms with Gasteiger partial charge in [-0.3, -0.25) is 0 Å². The summed E-state index contributed by atoms with van der Waals surface area (Å²) in [6, 6.07) is 4.47. The smallest absolute Gasteiger partial charge is 0.0300 e. The first kappa shape index (κ1) is 11.4. The minimum absolute atomic E-state index is 0.437. The maximum atomic E-state index is 5.93. The fourth-order valence-corrected chi connectivity index (χ4v) is 2.98. The Kier molecular flexibility index (Phi) is 3.70. The number of aryl methyl sites for hydroxylation is 1. The summed E-state index contributed by atoms with van der Waals surface area (Å²) in [5, 5.41) is 3.52. The van der Waals surface area contributed by atoms with Gasteiger partial charge in [-0.25, -0.2) is 0 Å². The molecule has 1 heterocycles. The summed E-state index contributed by atoms with van der Waals surface area (Å²) in [5.41, 5.74) is 0.437. The molecule has 1 aromatic heterocycles. The average molecular weight is 244 g/mol. The summed E-state index contributed by atoms with van der Waals surface area (Å²) >= 11 is 7.84. The van der Waals surface area contributed by atoms with E-state index >= 15 is 0 Å². The van der Waals surface area contributed by atoms with Crippen LogP contribution in [0.5, 0.6) is 0 Å². The highest BCUT2D eigenvalue weighted by molar-refractivity contribution is 7.11. The quantitative estimate of drug-likeness (QED) is 0.755. The van der Waals surface area contributed by atoms with Crippen molar-refractivity contribution in [1.82, 2.24) is 5.32 Å². The molecule has 15 heavy (non-hydrogen) atoms. The molecular formula is C12H18ClNS. The average Bonchev–Trinajstić information content (AvgIpc) is 2.89. The molecule has 0 spiro atoms. The van der Waals surface area contributed by atoms with Crippen molar-refractivity contribution < 1.29 is 0 Å². The maximum Gasteiger partial charge on any atom is 0.0300 e. The van der Waals surface area contributed by atoms with Crippen molar-refractivity contribution in [3.63, 3.8) is 0 Å². The normalized spacial score (nSPS) is 18.0. The van der Waals surface area contributed by atoms with Crippen LogP contribution < -0.4 is 5.32 Å².